The Hall–Kier alpha value is -1.66. The molecule has 0 radical (unpaired) electrons. The average Bonchev–Trinajstić information content (AvgIpc) is 2.20. The molecule has 7 heteroatoms. The molecule has 86 valence electrons. The monoisotopic (exact) mass is 242 g/mol. The van der Waals surface area contributed by atoms with Gasteiger partial charge in [-0.15, -0.1) is 0 Å². The molecule has 1 aromatic rings. The quantitative estimate of drug-likeness (QED) is 0.639. The molecule has 0 fully saturated rings. The number of carbonyl (C=O) groups is 2. The van der Waals surface area contributed by atoms with Gasteiger partial charge in [0.1, 0.15) is 5.15 Å². The summed E-state index contributed by atoms with van der Waals surface area (Å²) in [5.74, 6) is -1.13. The minimum absolute atomic E-state index is 0.202. The third kappa shape index (κ3) is 3.84. The van der Waals surface area contributed by atoms with Crippen molar-refractivity contribution in [2.45, 2.75) is 12.5 Å². The maximum atomic E-state index is 11.4. The number of aromatic nitrogens is 1. The first-order valence-electron chi connectivity index (χ1n) is 4.45. The fourth-order valence-corrected chi connectivity index (χ4v) is 1.11. The second-order valence-corrected chi connectivity index (χ2v) is 3.52. The molecule has 0 spiro atoms. The molecule has 0 aliphatic rings. The van der Waals surface area contributed by atoms with Crippen LogP contribution in [0.2, 0.25) is 5.15 Å². The van der Waals surface area contributed by atoms with E-state index in [9.17, 15) is 9.59 Å². The number of amides is 2. The summed E-state index contributed by atoms with van der Waals surface area (Å²) in [6.45, 7) is 0. The highest BCUT2D eigenvalue weighted by Gasteiger charge is 2.15. The molecule has 0 saturated heterocycles. The molecule has 1 atom stereocenters. The summed E-state index contributed by atoms with van der Waals surface area (Å²) < 4.78 is 0. The summed E-state index contributed by atoms with van der Waals surface area (Å²) >= 11 is 5.57. The first kappa shape index (κ1) is 12.4. The third-order valence-corrected chi connectivity index (χ3v) is 1.98. The van der Waals surface area contributed by atoms with E-state index in [2.05, 4.69) is 10.3 Å². The number of rotatable bonds is 4. The molecule has 0 aliphatic heterocycles. The predicted molar refractivity (Wildman–Crippen MR) is 59.7 cm³/mol. The van der Waals surface area contributed by atoms with E-state index < -0.39 is 17.9 Å². The summed E-state index contributed by atoms with van der Waals surface area (Å²) in [7, 11) is 0. The van der Waals surface area contributed by atoms with Crippen molar-refractivity contribution >= 4 is 29.1 Å². The van der Waals surface area contributed by atoms with Crippen LogP contribution < -0.4 is 16.8 Å². The summed E-state index contributed by atoms with van der Waals surface area (Å²) in [6.07, 6.45) is 1.18. The first-order chi connectivity index (χ1) is 7.49. The van der Waals surface area contributed by atoms with E-state index in [4.69, 9.17) is 23.1 Å². The van der Waals surface area contributed by atoms with Gasteiger partial charge >= 0.3 is 0 Å². The van der Waals surface area contributed by atoms with Gasteiger partial charge in [-0.1, -0.05) is 11.6 Å². The minimum Gasteiger partial charge on any atom is -0.370 e. The Balaban J connectivity index is 2.57. The lowest BCUT2D eigenvalue weighted by Crippen LogP contribution is -2.39. The molecule has 6 nitrogen and oxygen atoms in total. The zero-order valence-corrected chi connectivity index (χ0v) is 9.07. The van der Waals surface area contributed by atoms with Gasteiger partial charge in [0.15, 0.2) is 0 Å². The Morgan fingerprint density at radius 2 is 2.19 bits per heavy atom. The van der Waals surface area contributed by atoms with Crippen LogP contribution in [0, 0.1) is 0 Å². The van der Waals surface area contributed by atoms with Crippen LogP contribution >= 0.6 is 11.6 Å². The van der Waals surface area contributed by atoms with Gasteiger partial charge in [-0.3, -0.25) is 9.59 Å². The van der Waals surface area contributed by atoms with Gasteiger partial charge in [0.25, 0.3) is 0 Å². The van der Waals surface area contributed by atoms with E-state index in [1.54, 1.807) is 6.07 Å². The first-order valence-corrected chi connectivity index (χ1v) is 4.83. The lowest BCUT2D eigenvalue weighted by molar-refractivity contribution is -0.123. The van der Waals surface area contributed by atoms with Crippen molar-refractivity contribution < 1.29 is 9.59 Å². The number of nitrogens with zero attached hydrogens (tertiary/aromatic N) is 1. The van der Waals surface area contributed by atoms with Crippen LogP contribution in [0.4, 0.5) is 5.69 Å². The molecule has 0 bridgehead atoms. The van der Waals surface area contributed by atoms with E-state index in [0.29, 0.717) is 10.8 Å². The number of hydrogen-bond acceptors (Lipinski definition) is 4. The Kier molecular flexibility index (Phi) is 4.21. The number of hydrogen-bond donors (Lipinski definition) is 3. The topological polar surface area (TPSA) is 111 Å². The molecule has 0 saturated carbocycles. The number of nitrogens with one attached hydrogen (secondary N) is 1. The van der Waals surface area contributed by atoms with Crippen LogP contribution in [-0.4, -0.2) is 22.8 Å². The second-order valence-electron chi connectivity index (χ2n) is 3.14. The Bertz CT molecular complexity index is 393. The summed E-state index contributed by atoms with van der Waals surface area (Å²) in [5.41, 5.74) is 10.8. The Labute approximate surface area is 97.0 Å². The molecule has 1 unspecified atom stereocenters. The molecular weight excluding hydrogens is 232 g/mol. The highest BCUT2D eigenvalue weighted by Crippen LogP contribution is 2.09. The number of carbonyl (C=O) groups excluding carboxylic acids is 2. The van der Waals surface area contributed by atoms with Gasteiger partial charge in [0.2, 0.25) is 11.8 Å². The predicted octanol–water partition coefficient (Wildman–Crippen LogP) is -0.124. The van der Waals surface area contributed by atoms with Crippen molar-refractivity contribution in [1.29, 1.82) is 0 Å². The van der Waals surface area contributed by atoms with Gasteiger partial charge in [-0.25, -0.2) is 4.98 Å². The lowest BCUT2D eigenvalue weighted by Gasteiger charge is -2.09. The highest BCUT2D eigenvalue weighted by atomic mass is 35.5. The molecule has 1 rings (SSSR count). The van der Waals surface area contributed by atoms with Crippen molar-refractivity contribution in [3.05, 3.63) is 23.5 Å². The van der Waals surface area contributed by atoms with E-state index in [1.807, 2.05) is 0 Å². The smallest absolute Gasteiger partial charge is 0.241 e. The summed E-state index contributed by atoms with van der Waals surface area (Å²) in [4.78, 5) is 25.7. The third-order valence-electron chi connectivity index (χ3n) is 1.75. The number of pyridine rings is 1. The number of nitrogens with two attached hydrogens (primary N) is 2. The van der Waals surface area contributed by atoms with E-state index in [1.165, 1.54) is 12.3 Å². The fraction of sp³-hybridized carbons (Fsp3) is 0.222. The van der Waals surface area contributed by atoms with Gasteiger partial charge in [-0.2, -0.15) is 0 Å². The largest absolute Gasteiger partial charge is 0.370 e. The van der Waals surface area contributed by atoms with Crippen molar-refractivity contribution in [3.63, 3.8) is 0 Å². The van der Waals surface area contributed by atoms with Crippen LogP contribution in [-0.2, 0) is 9.59 Å². The molecular formula is C9H11ClN4O2. The van der Waals surface area contributed by atoms with Gasteiger partial charge in [-0.05, 0) is 12.1 Å². The van der Waals surface area contributed by atoms with Crippen molar-refractivity contribution in [3.8, 4) is 0 Å². The molecule has 0 aliphatic carbocycles. The number of halogens is 1. The zero-order chi connectivity index (χ0) is 12.1. The molecule has 0 aromatic carbocycles. The molecule has 2 amide bonds. The van der Waals surface area contributed by atoms with Crippen molar-refractivity contribution in [1.82, 2.24) is 4.98 Å². The Morgan fingerprint density at radius 3 is 2.69 bits per heavy atom. The van der Waals surface area contributed by atoms with E-state index >= 15 is 0 Å². The minimum atomic E-state index is -0.965. The van der Waals surface area contributed by atoms with Crippen LogP contribution in [0.5, 0.6) is 0 Å². The standard InChI is InChI=1S/C9H11ClN4O2/c10-7-2-1-5(4-13-7)14-9(16)6(11)3-8(12)15/h1-2,4,6H,3,11H2,(H2,12,15)(H,14,16). The van der Waals surface area contributed by atoms with E-state index in [-0.39, 0.29) is 6.42 Å². The molecule has 1 heterocycles. The highest BCUT2D eigenvalue weighted by molar-refractivity contribution is 6.29. The summed E-state index contributed by atoms with van der Waals surface area (Å²) in [6, 6.07) is 2.13. The maximum Gasteiger partial charge on any atom is 0.241 e. The fourth-order valence-electron chi connectivity index (χ4n) is 0.994. The molecule has 1 aromatic heterocycles. The van der Waals surface area contributed by atoms with Crippen molar-refractivity contribution in [2.24, 2.45) is 11.5 Å². The molecule has 16 heavy (non-hydrogen) atoms. The molecule has 5 N–H and O–H groups in total. The number of anilines is 1. The Morgan fingerprint density at radius 1 is 1.50 bits per heavy atom. The van der Waals surface area contributed by atoms with E-state index in [0.717, 1.165) is 0 Å². The number of primary amides is 1. The van der Waals surface area contributed by atoms with Gasteiger partial charge in [0.05, 0.1) is 24.3 Å². The SMILES string of the molecule is NC(=O)CC(N)C(=O)Nc1ccc(Cl)nc1. The summed E-state index contributed by atoms with van der Waals surface area (Å²) in [5, 5.41) is 2.80. The second kappa shape index (κ2) is 5.43. The van der Waals surface area contributed by atoms with Crippen LogP contribution in [0.1, 0.15) is 6.42 Å². The van der Waals surface area contributed by atoms with Gasteiger partial charge < -0.3 is 16.8 Å². The average molecular weight is 243 g/mol. The van der Waals surface area contributed by atoms with Crippen LogP contribution in [0.15, 0.2) is 18.3 Å². The van der Waals surface area contributed by atoms with Crippen molar-refractivity contribution in [2.75, 3.05) is 5.32 Å². The lowest BCUT2D eigenvalue weighted by atomic mass is 10.2. The van der Waals surface area contributed by atoms with Gasteiger partial charge in [0, 0.05) is 0 Å². The van der Waals surface area contributed by atoms with Crippen LogP contribution in [0.25, 0.3) is 0 Å². The zero-order valence-electron chi connectivity index (χ0n) is 8.31. The van der Waals surface area contributed by atoms with Crippen LogP contribution in [0.3, 0.4) is 0 Å². The normalized spacial score (nSPS) is 11.9. The maximum absolute atomic E-state index is 11.4.